The Morgan fingerprint density at radius 1 is 0.870 bits per heavy atom. The van der Waals surface area contributed by atoms with Gasteiger partial charge in [-0.05, 0) is 24.3 Å². The molecular weight excluding hydrogens is 291 g/mol. The van der Waals surface area contributed by atoms with Crippen LogP contribution in [0.3, 0.4) is 0 Å². The minimum atomic E-state index is -0.454. The van der Waals surface area contributed by atoms with Gasteiger partial charge in [0.25, 0.3) is 5.91 Å². The Balaban J connectivity index is 1.82. The summed E-state index contributed by atoms with van der Waals surface area (Å²) in [5, 5.41) is 4.66. The van der Waals surface area contributed by atoms with Crippen molar-refractivity contribution in [3.63, 3.8) is 0 Å². The summed E-state index contributed by atoms with van der Waals surface area (Å²) in [5.74, 6) is -0.795. The number of hydrogen-bond acceptors (Lipinski definition) is 1. The van der Waals surface area contributed by atoms with Crippen molar-refractivity contribution < 1.29 is 9.18 Å². The van der Waals surface area contributed by atoms with E-state index in [1.165, 1.54) is 6.07 Å². The average Bonchev–Trinajstić information content (AvgIpc) is 2.95. The van der Waals surface area contributed by atoms with Crippen LogP contribution in [0.4, 0.5) is 10.1 Å². The highest BCUT2D eigenvalue weighted by atomic mass is 19.1. The third-order valence-electron chi connectivity index (χ3n) is 3.91. The van der Waals surface area contributed by atoms with Gasteiger partial charge in [-0.3, -0.25) is 4.79 Å². The number of carbonyl (C=O) groups excluding carboxylic acids is 1. The van der Waals surface area contributed by atoms with Crippen LogP contribution in [0.15, 0.2) is 66.7 Å². The number of halogens is 1. The van der Waals surface area contributed by atoms with Crippen LogP contribution in [0.1, 0.15) is 10.4 Å². The first-order valence-electron chi connectivity index (χ1n) is 7.29. The van der Waals surface area contributed by atoms with Gasteiger partial charge in [-0.25, -0.2) is 4.39 Å². The molecule has 0 saturated carbocycles. The molecule has 0 aliphatic carbocycles. The maximum atomic E-state index is 13.7. The van der Waals surface area contributed by atoms with E-state index in [0.29, 0.717) is 5.56 Å². The predicted octanol–water partition coefficient (Wildman–Crippen LogP) is 4.71. The third kappa shape index (κ3) is 2.25. The van der Waals surface area contributed by atoms with E-state index in [1.54, 1.807) is 24.3 Å². The molecule has 23 heavy (non-hydrogen) atoms. The largest absolute Gasteiger partial charge is 0.354 e. The Hall–Kier alpha value is -3.14. The molecule has 4 aromatic rings. The van der Waals surface area contributed by atoms with Crippen molar-refractivity contribution in [2.24, 2.45) is 0 Å². The molecule has 0 aliphatic heterocycles. The zero-order valence-electron chi connectivity index (χ0n) is 12.1. The maximum absolute atomic E-state index is 13.7. The van der Waals surface area contributed by atoms with E-state index in [0.717, 1.165) is 21.8 Å². The Morgan fingerprint density at radius 2 is 1.61 bits per heavy atom. The summed E-state index contributed by atoms with van der Waals surface area (Å²) in [6.07, 6.45) is 0. The van der Waals surface area contributed by atoms with E-state index in [1.807, 2.05) is 36.4 Å². The van der Waals surface area contributed by atoms with E-state index in [-0.39, 0.29) is 11.6 Å². The number of fused-ring (bicyclic) bond motifs is 3. The van der Waals surface area contributed by atoms with Gasteiger partial charge in [-0.1, -0.05) is 42.5 Å². The fourth-order valence-corrected chi connectivity index (χ4v) is 2.81. The molecule has 0 unspecified atom stereocenters. The number of para-hydroxylation sites is 3. The smallest absolute Gasteiger partial charge is 0.257 e. The van der Waals surface area contributed by atoms with Crippen LogP contribution in [-0.4, -0.2) is 10.9 Å². The summed E-state index contributed by atoms with van der Waals surface area (Å²) < 4.78 is 13.7. The molecule has 0 bridgehead atoms. The standard InChI is InChI=1S/C19H13FN2O/c20-15-9-2-4-11-17(15)22-19(23)14-8-5-7-13-12-6-1-3-10-16(12)21-18(13)14/h1-11,21H,(H,22,23). The van der Waals surface area contributed by atoms with Gasteiger partial charge in [0.15, 0.2) is 0 Å². The van der Waals surface area contributed by atoms with Crippen molar-refractivity contribution in [2.75, 3.05) is 5.32 Å². The van der Waals surface area contributed by atoms with E-state index in [4.69, 9.17) is 0 Å². The first-order chi connectivity index (χ1) is 11.2. The maximum Gasteiger partial charge on any atom is 0.257 e. The molecule has 0 radical (unpaired) electrons. The molecule has 3 aromatic carbocycles. The lowest BCUT2D eigenvalue weighted by atomic mass is 10.1. The molecular formula is C19H13FN2O. The van der Waals surface area contributed by atoms with E-state index >= 15 is 0 Å². The molecule has 0 aliphatic rings. The highest BCUT2D eigenvalue weighted by Crippen LogP contribution is 2.28. The second-order valence-electron chi connectivity index (χ2n) is 5.33. The molecule has 1 aromatic heterocycles. The number of anilines is 1. The predicted molar refractivity (Wildman–Crippen MR) is 90.2 cm³/mol. The third-order valence-corrected chi connectivity index (χ3v) is 3.91. The highest BCUT2D eigenvalue weighted by molar-refractivity contribution is 6.17. The molecule has 4 heteroatoms. The fraction of sp³-hybridized carbons (Fsp3) is 0. The van der Waals surface area contributed by atoms with Gasteiger partial charge < -0.3 is 10.3 Å². The number of hydrogen-bond donors (Lipinski definition) is 2. The number of nitrogens with one attached hydrogen (secondary N) is 2. The van der Waals surface area contributed by atoms with Crippen LogP contribution >= 0.6 is 0 Å². The van der Waals surface area contributed by atoms with Crippen molar-refractivity contribution >= 4 is 33.4 Å². The monoisotopic (exact) mass is 304 g/mol. The second kappa shape index (κ2) is 5.25. The van der Waals surface area contributed by atoms with Crippen molar-refractivity contribution in [3.05, 3.63) is 78.1 Å². The molecule has 0 spiro atoms. The normalized spacial score (nSPS) is 11.0. The van der Waals surface area contributed by atoms with Crippen LogP contribution in [0.25, 0.3) is 21.8 Å². The van der Waals surface area contributed by atoms with Gasteiger partial charge in [0.05, 0.1) is 16.8 Å². The number of benzene rings is 3. The lowest BCUT2D eigenvalue weighted by molar-refractivity contribution is 0.102. The molecule has 0 fully saturated rings. The van der Waals surface area contributed by atoms with E-state index in [2.05, 4.69) is 10.3 Å². The second-order valence-corrected chi connectivity index (χ2v) is 5.33. The zero-order valence-corrected chi connectivity index (χ0v) is 12.1. The number of aromatic nitrogens is 1. The molecule has 3 nitrogen and oxygen atoms in total. The topological polar surface area (TPSA) is 44.9 Å². The lowest BCUT2D eigenvalue weighted by Crippen LogP contribution is -2.13. The molecule has 2 N–H and O–H groups in total. The van der Waals surface area contributed by atoms with E-state index < -0.39 is 5.82 Å². The van der Waals surface area contributed by atoms with Crippen molar-refractivity contribution in [3.8, 4) is 0 Å². The number of amides is 1. The van der Waals surface area contributed by atoms with Gasteiger partial charge in [-0.2, -0.15) is 0 Å². The summed E-state index contributed by atoms with van der Waals surface area (Å²) in [5.41, 5.74) is 2.38. The Kier molecular flexibility index (Phi) is 3.08. The van der Waals surface area contributed by atoms with Crippen molar-refractivity contribution in [1.82, 2.24) is 4.98 Å². The lowest BCUT2D eigenvalue weighted by Gasteiger charge is -2.07. The molecule has 1 amide bonds. The first-order valence-corrected chi connectivity index (χ1v) is 7.29. The van der Waals surface area contributed by atoms with Crippen molar-refractivity contribution in [1.29, 1.82) is 0 Å². The number of carbonyl (C=O) groups is 1. The summed E-state index contributed by atoms with van der Waals surface area (Å²) in [6.45, 7) is 0. The Labute approximate surface area is 131 Å². The Bertz CT molecular complexity index is 1040. The summed E-state index contributed by atoms with van der Waals surface area (Å²) >= 11 is 0. The summed E-state index contributed by atoms with van der Waals surface area (Å²) in [4.78, 5) is 15.8. The van der Waals surface area contributed by atoms with Crippen LogP contribution in [-0.2, 0) is 0 Å². The Morgan fingerprint density at radius 3 is 2.48 bits per heavy atom. The zero-order chi connectivity index (χ0) is 15.8. The summed E-state index contributed by atoms with van der Waals surface area (Å²) in [6, 6.07) is 19.5. The van der Waals surface area contributed by atoms with Gasteiger partial charge in [0.2, 0.25) is 0 Å². The van der Waals surface area contributed by atoms with Gasteiger partial charge >= 0.3 is 0 Å². The van der Waals surface area contributed by atoms with Crippen LogP contribution in [0.2, 0.25) is 0 Å². The molecule has 0 atom stereocenters. The number of aromatic amines is 1. The molecule has 112 valence electrons. The first kappa shape index (κ1) is 13.5. The minimum absolute atomic E-state index is 0.172. The van der Waals surface area contributed by atoms with Gasteiger partial charge in [0.1, 0.15) is 5.82 Å². The molecule has 4 rings (SSSR count). The van der Waals surface area contributed by atoms with Crippen LogP contribution < -0.4 is 5.32 Å². The summed E-state index contributed by atoms with van der Waals surface area (Å²) in [7, 11) is 0. The minimum Gasteiger partial charge on any atom is -0.354 e. The fourth-order valence-electron chi connectivity index (χ4n) is 2.81. The number of rotatable bonds is 2. The quantitative estimate of drug-likeness (QED) is 0.553. The molecule has 0 saturated heterocycles. The van der Waals surface area contributed by atoms with Gasteiger partial charge in [0, 0.05) is 16.3 Å². The van der Waals surface area contributed by atoms with Gasteiger partial charge in [-0.15, -0.1) is 0 Å². The highest BCUT2D eigenvalue weighted by Gasteiger charge is 2.14. The SMILES string of the molecule is O=C(Nc1ccccc1F)c1cccc2c1[nH]c1ccccc12. The van der Waals surface area contributed by atoms with E-state index in [9.17, 15) is 9.18 Å². The van der Waals surface area contributed by atoms with Crippen LogP contribution in [0, 0.1) is 5.82 Å². The van der Waals surface area contributed by atoms with Crippen molar-refractivity contribution in [2.45, 2.75) is 0 Å². The molecule has 1 heterocycles. The van der Waals surface area contributed by atoms with Crippen LogP contribution in [0.5, 0.6) is 0 Å². The number of H-pyrrole nitrogens is 1. The average molecular weight is 304 g/mol.